The Morgan fingerprint density at radius 1 is 0.762 bits per heavy atom. The van der Waals surface area contributed by atoms with Gasteiger partial charge in [-0.1, -0.05) is 48.5 Å². The molecule has 0 heterocycles. The lowest BCUT2D eigenvalue weighted by Gasteiger charge is -2.12. The summed E-state index contributed by atoms with van der Waals surface area (Å²) in [7, 11) is -4.17. The molecule has 4 nitrogen and oxygen atoms in total. The SMILES string of the molecule is O=S(=O)(OO)c1ccc2ccc3cccc4ccc1c2c34. The highest BCUT2D eigenvalue weighted by Crippen LogP contribution is 2.37. The Kier molecular flexibility index (Phi) is 2.47. The lowest BCUT2D eigenvalue weighted by Crippen LogP contribution is -2.04. The molecule has 0 unspecified atom stereocenters. The fourth-order valence-corrected chi connectivity index (χ4v) is 3.72. The molecular weight excluding hydrogens is 288 g/mol. The zero-order chi connectivity index (χ0) is 14.6. The van der Waals surface area contributed by atoms with E-state index in [1.165, 1.54) is 6.07 Å². The minimum Gasteiger partial charge on any atom is -0.235 e. The van der Waals surface area contributed by atoms with Crippen LogP contribution in [-0.4, -0.2) is 13.7 Å². The molecule has 0 spiro atoms. The van der Waals surface area contributed by atoms with Crippen LogP contribution in [0.15, 0.2) is 59.5 Å². The largest absolute Gasteiger partial charge is 0.323 e. The molecule has 0 amide bonds. The second-order valence-corrected chi connectivity index (χ2v) is 6.45. The van der Waals surface area contributed by atoms with E-state index in [2.05, 4.69) is 4.33 Å². The summed E-state index contributed by atoms with van der Waals surface area (Å²) in [5.74, 6) is 0. The van der Waals surface area contributed by atoms with Crippen LogP contribution in [0.2, 0.25) is 0 Å². The minimum absolute atomic E-state index is 0.0317. The topological polar surface area (TPSA) is 63.6 Å². The van der Waals surface area contributed by atoms with E-state index in [4.69, 9.17) is 5.26 Å². The molecule has 0 saturated carbocycles. The summed E-state index contributed by atoms with van der Waals surface area (Å²) in [6.45, 7) is 0. The van der Waals surface area contributed by atoms with Gasteiger partial charge in [0.15, 0.2) is 0 Å². The third kappa shape index (κ3) is 1.65. The standard InChI is InChI=1S/C16H10O4S/c17-20-21(18,19)14-9-7-12-5-4-10-2-1-3-11-6-8-13(14)16(12)15(10)11/h1-9,17H. The predicted molar refractivity (Wildman–Crippen MR) is 81.0 cm³/mol. The summed E-state index contributed by atoms with van der Waals surface area (Å²) >= 11 is 0. The molecule has 0 bridgehead atoms. The van der Waals surface area contributed by atoms with Crippen molar-refractivity contribution >= 4 is 42.4 Å². The number of rotatable bonds is 2. The van der Waals surface area contributed by atoms with E-state index >= 15 is 0 Å². The van der Waals surface area contributed by atoms with E-state index < -0.39 is 10.1 Å². The Labute approximate surface area is 120 Å². The van der Waals surface area contributed by atoms with E-state index in [1.807, 2.05) is 36.4 Å². The molecule has 0 fully saturated rings. The predicted octanol–water partition coefficient (Wildman–Crippen LogP) is 3.76. The van der Waals surface area contributed by atoms with Crippen molar-refractivity contribution in [3.8, 4) is 0 Å². The molecule has 0 radical (unpaired) electrons. The first kappa shape index (κ1) is 12.5. The summed E-state index contributed by atoms with van der Waals surface area (Å²) in [4.78, 5) is -0.0317. The van der Waals surface area contributed by atoms with Gasteiger partial charge in [-0.05, 0) is 33.0 Å². The van der Waals surface area contributed by atoms with E-state index in [9.17, 15) is 8.42 Å². The van der Waals surface area contributed by atoms with Crippen LogP contribution in [0.4, 0.5) is 0 Å². The first-order chi connectivity index (χ1) is 10.1. The third-order valence-corrected chi connectivity index (χ3v) is 4.95. The van der Waals surface area contributed by atoms with Crippen LogP contribution in [0, 0.1) is 0 Å². The molecular formula is C16H10O4S. The zero-order valence-electron chi connectivity index (χ0n) is 10.8. The molecule has 4 aromatic carbocycles. The lowest BCUT2D eigenvalue weighted by molar-refractivity contribution is -0.130. The smallest absolute Gasteiger partial charge is 0.235 e. The van der Waals surface area contributed by atoms with Crippen molar-refractivity contribution in [2.45, 2.75) is 4.90 Å². The minimum atomic E-state index is -4.17. The Bertz CT molecular complexity index is 1070. The van der Waals surface area contributed by atoms with E-state index in [-0.39, 0.29) is 4.90 Å². The Balaban J connectivity index is 2.32. The average molecular weight is 298 g/mol. The highest BCUT2D eigenvalue weighted by Gasteiger charge is 2.20. The first-order valence-corrected chi connectivity index (χ1v) is 7.77. The van der Waals surface area contributed by atoms with Crippen molar-refractivity contribution < 1.29 is 18.0 Å². The summed E-state index contributed by atoms with van der Waals surface area (Å²) in [5, 5.41) is 14.1. The highest BCUT2D eigenvalue weighted by atomic mass is 32.2. The van der Waals surface area contributed by atoms with Crippen molar-refractivity contribution in [2.75, 3.05) is 0 Å². The van der Waals surface area contributed by atoms with Gasteiger partial charge in [-0.25, -0.2) is 5.26 Å². The first-order valence-electron chi connectivity index (χ1n) is 6.36. The second-order valence-electron chi connectivity index (χ2n) is 4.95. The van der Waals surface area contributed by atoms with Gasteiger partial charge in [0.25, 0.3) is 0 Å². The zero-order valence-corrected chi connectivity index (χ0v) is 11.6. The van der Waals surface area contributed by atoms with E-state index in [0.717, 1.165) is 26.9 Å². The van der Waals surface area contributed by atoms with Crippen LogP contribution < -0.4 is 0 Å². The van der Waals surface area contributed by atoms with Gasteiger partial charge in [-0.2, -0.15) is 8.42 Å². The van der Waals surface area contributed by atoms with Crippen molar-refractivity contribution in [3.05, 3.63) is 54.6 Å². The highest BCUT2D eigenvalue weighted by molar-refractivity contribution is 7.86. The Morgan fingerprint density at radius 3 is 2.00 bits per heavy atom. The maximum absolute atomic E-state index is 11.9. The second kappa shape index (κ2) is 4.14. The molecule has 0 aromatic heterocycles. The molecule has 4 aromatic rings. The summed E-state index contributed by atoms with van der Waals surface area (Å²) in [5.41, 5.74) is 0. The molecule has 21 heavy (non-hydrogen) atoms. The summed E-state index contributed by atoms with van der Waals surface area (Å²) in [6.07, 6.45) is 0. The fourth-order valence-electron chi connectivity index (χ4n) is 2.97. The maximum atomic E-state index is 11.9. The van der Waals surface area contributed by atoms with E-state index in [1.54, 1.807) is 12.1 Å². The van der Waals surface area contributed by atoms with Crippen molar-refractivity contribution in [1.29, 1.82) is 0 Å². The molecule has 4 rings (SSSR count). The maximum Gasteiger partial charge on any atom is 0.323 e. The van der Waals surface area contributed by atoms with Gasteiger partial charge in [-0.15, -0.1) is 4.33 Å². The molecule has 0 atom stereocenters. The van der Waals surface area contributed by atoms with Gasteiger partial charge in [0, 0.05) is 5.39 Å². The summed E-state index contributed by atoms with van der Waals surface area (Å²) < 4.78 is 27.4. The van der Waals surface area contributed by atoms with Crippen LogP contribution in [0.25, 0.3) is 32.3 Å². The number of hydrogen-bond donors (Lipinski definition) is 1. The van der Waals surface area contributed by atoms with Crippen LogP contribution in [0.3, 0.4) is 0 Å². The van der Waals surface area contributed by atoms with Crippen molar-refractivity contribution in [3.63, 3.8) is 0 Å². The molecule has 5 heteroatoms. The van der Waals surface area contributed by atoms with Gasteiger partial charge >= 0.3 is 10.1 Å². The number of benzene rings is 4. The van der Waals surface area contributed by atoms with Crippen LogP contribution in [-0.2, 0) is 14.5 Å². The summed E-state index contributed by atoms with van der Waals surface area (Å²) in [6, 6.07) is 16.7. The van der Waals surface area contributed by atoms with Gasteiger partial charge in [0.1, 0.15) is 4.90 Å². The monoisotopic (exact) mass is 298 g/mol. The quantitative estimate of drug-likeness (QED) is 0.348. The van der Waals surface area contributed by atoms with Crippen LogP contribution >= 0.6 is 0 Å². The average Bonchev–Trinajstić information content (AvgIpc) is 2.52. The van der Waals surface area contributed by atoms with Crippen LogP contribution in [0.5, 0.6) is 0 Å². The lowest BCUT2D eigenvalue weighted by atomic mass is 9.94. The normalized spacial score (nSPS) is 12.6. The van der Waals surface area contributed by atoms with Gasteiger partial charge in [0.2, 0.25) is 0 Å². The van der Waals surface area contributed by atoms with E-state index in [0.29, 0.717) is 5.39 Å². The van der Waals surface area contributed by atoms with Gasteiger partial charge in [-0.3, -0.25) is 0 Å². The molecule has 104 valence electrons. The molecule has 0 aliphatic heterocycles. The Morgan fingerprint density at radius 2 is 1.33 bits per heavy atom. The number of hydrogen-bond acceptors (Lipinski definition) is 4. The van der Waals surface area contributed by atoms with Crippen molar-refractivity contribution in [2.24, 2.45) is 0 Å². The molecule has 0 aliphatic rings. The molecule has 0 saturated heterocycles. The Hall–Kier alpha value is -2.21. The van der Waals surface area contributed by atoms with Crippen LogP contribution in [0.1, 0.15) is 0 Å². The van der Waals surface area contributed by atoms with Crippen molar-refractivity contribution in [1.82, 2.24) is 0 Å². The van der Waals surface area contributed by atoms with Gasteiger partial charge < -0.3 is 0 Å². The fraction of sp³-hybridized carbons (Fsp3) is 0. The van der Waals surface area contributed by atoms with Gasteiger partial charge in [0.05, 0.1) is 0 Å². The third-order valence-electron chi connectivity index (χ3n) is 3.86. The molecule has 1 N–H and O–H groups in total. The molecule has 0 aliphatic carbocycles.